The van der Waals surface area contributed by atoms with Gasteiger partial charge in [0.15, 0.2) is 6.61 Å². The van der Waals surface area contributed by atoms with Crippen LogP contribution in [0.4, 0.5) is 5.69 Å². The van der Waals surface area contributed by atoms with E-state index in [2.05, 4.69) is 10.0 Å². The summed E-state index contributed by atoms with van der Waals surface area (Å²) in [5, 5.41) is 3.68. The Labute approximate surface area is 191 Å². The summed E-state index contributed by atoms with van der Waals surface area (Å²) in [5.74, 6) is 0.0263. The monoisotopic (exact) mass is 478 g/mol. The van der Waals surface area contributed by atoms with Crippen molar-refractivity contribution in [1.82, 2.24) is 5.32 Å². The number of sulfonamides is 1. The number of ether oxygens (including phenoxy) is 1. The minimum atomic E-state index is -3.74. The molecule has 0 fully saturated rings. The van der Waals surface area contributed by atoms with E-state index in [1.807, 2.05) is 19.1 Å². The van der Waals surface area contributed by atoms with Crippen LogP contribution < -0.4 is 14.8 Å². The highest BCUT2D eigenvalue weighted by Crippen LogP contribution is 2.22. The van der Waals surface area contributed by atoms with Crippen LogP contribution in [0.5, 0.6) is 5.75 Å². The van der Waals surface area contributed by atoms with Crippen molar-refractivity contribution in [2.75, 3.05) is 11.3 Å². The Morgan fingerprint density at radius 2 is 1.71 bits per heavy atom. The molecule has 162 valence electrons. The largest absolute Gasteiger partial charge is 0.484 e. The number of para-hydroxylation sites is 1. The average Bonchev–Trinajstić information content (AvgIpc) is 2.73. The van der Waals surface area contributed by atoms with Gasteiger partial charge in [0, 0.05) is 16.6 Å². The first-order valence-corrected chi connectivity index (χ1v) is 11.5. The summed E-state index contributed by atoms with van der Waals surface area (Å²) in [6, 6.07) is 18.0. The zero-order valence-corrected chi connectivity index (χ0v) is 18.9. The van der Waals surface area contributed by atoms with Crippen LogP contribution in [0.25, 0.3) is 0 Å². The van der Waals surface area contributed by atoms with Gasteiger partial charge in [0.25, 0.3) is 15.9 Å². The van der Waals surface area contributed by atoms with Gasteiger partial charge in [-0.15, -0.1) is 0 Å². The summed E-state index contributed by atoms with van der Waals surface area (Å²) in [5.41, 5.74) is 2.06. The van der Waals surface area contributed by atoms with Gasteiger partial charge in [-0.1, -0.05) is 47.5 Å². The fraction of sp³-hybridized carbons (Fsp3) is 0.136. The summed E-state index contributed by atoms with van der Waals surface area (Å²) in [6.45, 7) is 1.83. The molecule has 0 spiro atoms. The number of benzene rings is 3. The van der Waals surface area contributed by atoms with Crippen molar-refractivity contribution in [2.45, 2.75) is 18.4 Å². The quantitative estimate of drug-likeness (QED) is 0.486. The molecule has 0 atom stereocenters. The lowest BCUT2D eigenvalue weighted by Gasteiger charge is -2.11. The number of rotatable bonds is 8. The van der Waals surface area contributed by atoms with Crippen molar-refractivity contribution in [3.8, 4) is 5.75 Å². The molecule has 9 heteroatoms. The summed E-state index contributed by atoms with van der Waals surface area (Å²) < 4.78 is 33.1. The second-order valence-corrected chi connectivity index (χ2v) is 9.22. The molecule has 1 amide bonds. The van der Waals surface area contributed by atoms with E-state index >= 15 is 0 Å². The molecule has 0 aliphatic heterocycles. The van der Waals surface area contributed by atoms with Crippen molar-refractivity contribution in [3.05, 3.63) is 87.9 Å². The first-order valence-electron chi connectivity index (χ1n) is 9.26. The predicted molar refractivity (Wildman–Crippen MR) is 122 cm³/mol. The Kier molecular flexibility index (Phi) is 7.43. The fourth-order valence-electron chi connectivity index (χ4n) is 2.66. The lowest BCUT2D eigenvalue weighted by Crippen LogP contribution is -2.28. The number of carbonyl (C=O) groups excluding carboxylic acids is 1. The van der Waals surface area contributed by atoms with Gasteiger partial charge in [0.1, 0.15) is 5.75 Å². The Hall–Kier alpha value is -2.74. The summed E-state index contributed by atoms with van der Waals surface area (Å²) >= 11 is 11.9. The molecule has 0 heterocycles. The van der Waals surface area contributed by atoms with Gasteiger partial charge in [0.05, 0.1) is 10.6 Å². The normalized spacial score (nSPS) is 11.1. The van der Waals surface area contributed by atoms with E-state index in [-0.39, 0.29) is 24.0 Å². The molecule has 0 saturated heterocycles. The molecule has 3 rings (SSSR count). The van der Waals surface area contributed by atoms with Crippen LogP contribution in [0.2, 0.25) is 10.0 Å². The third kappa shape index (κ3) is 6.37. The molecule has 0 aromatic heterocycles. The molecule has 2 N–H and O–H groups in total. The summed E-state index contributed by atoms with van der Waals surface area (Å²) in [4.78, 5) is 12.1. The van der Waals surface area contributed by atoms with Crippen LogP contribution in [0.1, 0.15) is 11.1 Å². The number of hydrogen-bond donors (Lipinski definition) is 2. The lowest BCUT2D eigenvalue weighted by molar-refractivity contribution is -0.123. The van der Waals surface area contributed by atoms with Gasteiger partial charge in [-0.05, 0) is 60.5 Å². The van der Waals surface area contributed by atoms with E-state index in [0.717, 1.165) is 11.1 Å². The average molecular weight is 479 g/mol. The van der Waals surface area contributed by atoms with Gasteiger partial charge in [0.2, 0.25) is 0 Å². The smallest absolute Gasteiger partial charge is 0.261 e. The second kappa shape index (κ2) is 10.0. The van der Waals surface area contributed by atoms with Crippen LogP contribution in [0, 0.1) is 6.92 Å². The highest BCUT2D eigenvalue weighted by atomic mass is 35.5. The first-order chi connectivity index (χ1) is 14.7. The maximum absolute atomic E-state index is 12.6. The number of carbonyl (C=O) groups is 1. The van der Waals surface area contributed by atoms with Crippen LogP contribution in [0.3, 0.4) is 0 Å². The van der Waals surface area contributed by atoms with E-state index in [1.165, 1.54) is 24.3 Å². The van der Waals surface area contributed by atoms with Crippen LogP contribution in [-0.4, -0.2) is 20.9 Å². The summed E-state index contributed by atoms with van der Waals surface area (Å²) in [6.07, 6.45) is 0. The Morgan fingerprint density at radius 3 is 2.39 bits per heavy atom. The zero-order valence-electron chi connectivity index (χ0n) is 16.6. The molecule has 0 aliphatic rings. The summed E-state index contributed by atoms with van der Waals surface area (Å²) in [7, 11) is -3.74. The van der Waals surface area contributed by atoms with Crippen molar-refractivity contribution >= 4 is 44.8 Å². The number of nitrogens with one attached hydrogen (secondary N) is 2. The SMILES string of the molecule is Cc1ccccc1NS(=O)(=O)c1ccc(OCC(=O)NCc2ccc(Cl)cc2Cl)cc1. The van der Waals surface area contributed by atoms with Crippen molar-refractivity contribution in [2.24, 2.45) is 0 Å². The molecule has 0 bridgehead atoms. The maximum atomic E-state index is 12.6. The molecular formula is C22H20Cl2N2O4S. The molecule has 0 unspecified atom stereocenters. The number of halogens is 2. The van der Waals surface area contributed by atoms with E-state index in [9.17, 15) is 13.2 Å². The highest BCUT2D eigenvalue weighted by Gasteiger charge is 2.15. The molecule has 6 nitrogen and oxygen atoms in total. The molecule has 3 aromatic carbocycles. The van der Waals surface area contributed by atoms with Gasteiger partial charge in [-0.3, -0.25) is 9.52 Å². The van der Waals surface area contributed by atoms with Crippen molar-refractivity contribution in [1.29, 1.82) is 0 Å². The third-order valence-electron chi connectivity index (χ3n) is 4.38. The van der Waals surface area contributed by atoms with Gasteiger partial charge in [-0.2, -0.15) is 0 Å². The topological polar surface area (TPSA) is 84.5 Å². The van der Waals surface area contributed by atoms with Gasteiger partial charge >= 0.3 is 0 Å². The molecule has 0 saturated carbocycles. The zero-order chi connectivity index (χ0) is 22.4. The third-order valence-corrected chi connectivity index (χ3v) is 6.35. The predicted octanol–water partition coefficient (Wildman–Crippen LogP) is 4.80. The number of aryl methyl sites for hydroxylation is 1. The minimum Gasteiger partial charge on any atom is -0.484 e. The van der Waals surface area contributed by atoms with Crippen LogP contribution in [-0.2, 0) is 21.4 Å². The van der Waals surface area contributed by atoms with E-state index in [4.69, 9.17) is 27.9 Å². The Balaban J connectivity index is 1.54. The maximum Gasteiger partial charge on any atom is 0.261 e. The minimum absolute atomic E-state index is 0.0879. The number of hydrogen-bond acceptors (Lipinski definition) is 4. The first kappa shape index (κ1) is 22.9. The molecule has 0 aliphatic carbocycles. The van der Waals surface area contributed by atoms with Gasteiger partial charge < -0.3 is 10.1 Å². The van der Waals surface area contributed by atoms with Gasteiger partial charge in [-0.25, -0.2) is 8.42 Å². The fourth-order valence-corrected chi connectivity index (χ4v) is 4.27. The number of anilines is 1. The van der Waals surface area contributed by atoms with E-state index in [1.54, 1.807) is 30.3 Å². The van der Waals surface area contributed by atoms with Crippen LogP contribution in [0.15, 0.2) is 71.6 Å². The molecular weight excluding hydrogens is 459 g/mol. The van der Waals surface area contributed by atoms with Crippen molar-refractivity contribution < 1.29 is 17.9 Å². The molecule has 0 radical (unpaired) electrons. The number of amides is 1. The Bertz CT molecular complexity index is 1180. The molecule has 3 aromatic rings. The van der Waals surface area contributed by atoms with Crippen LogP contribution >= 0.6 is 23.2 Å². The second-order valence-electron chi connectivity index (χ2n) is 6.69. The van der Waals surface area contributed by atoms with E-state index < -0.39 is 10.0 Å². The van der Waals surface area contributed by atoms with E-state index in [0.29, 0.717) is 21.5 Å². The highest BCUT2D eigenvalue weighted by molar-refractivity contribution is 7.92. The molecule has 31 heavy (non-hydrogen) atoms. The Morgan fingerprint density at radius 1 is 1.00 bits per heavy atom. The van der Waals surface area contributed by atoms with Crippen molar-refractivity contribution in [3.63, 3.8) is 0 Å². The standard InChI is InChI=1S/C22H20Cl2N2O4S/c1-15-4-2-3-5-21(15)26-31(28,29)19-10-8-18(9-11-19)30-14-22(27)25-13-16-6-7-17(23)12-20(16)24/h2-12,26H,13-14H2,1H3,(H,25,27). The lowest BCUT2D eigenvalue weighted by atomic mass is 10.2.